The number of rotatable bonds is 3. The molecule has 0 saturated carbocycles. The summed E-state index contributed by atoms with van der Waals surface area (Å²) in [5, 5.41) is 0. The third-order valence-electron chi connectivity index (χ3n) is 4.04. The van der Waals surface area contributed by atoms with Gasteiger partial charge in [0.15, 0.2) is 11.9 Å². The number of methoxy groups -OCH3 is 1. The van der Waals surface area contributed by atoms with Crippen molar-refractivity contribution in [1.29, 1.82) is 0 Å². The Morgan fingerprint density at radius 3 is 2.68 bits per heavy atom. The fraction of sp³-hybridized carbons (Fsp3) is 0.294. The van der Waals surface area contributed by atoms with Gasteiger partial charge in [0, 0.05) is 12.0 Å². The van der Waals surface area contributed by atoms with Crippen LogP contribution < -0.4 is 4.74 Å². The Balaban J connectivity index is 2.02. The number of hydrogen-bond acceptors (Lipinski definition) is 5. The van der Waals surface area contributed by atoms with Crippen LogP contribution in [0.2, 0.25) is 0 Å². The van der Waals surface area contributed by atoms with Crippen molar-refractivity contribution in [3.63, 3.8) is 0 Å². The van der Waals surface area contributed by atoms with E-state index in [9.17, 15) is 9.59 Å². The van der Waals surface area contributed by atoms with Crippen LogP contribution in [0.3, 0.4) is 0 Å². The lowest BCUT2D eigenvalue weighted by atomic mass is 9.94. The molecule has 0 N–H and O–H groups in total. The molecule has 1 aliphatic rings. The summed E-state index contributed by atoms with van der Waals surface area (Å²) < 4.78 is 15.6. The minimum absolute atomic E-state index is 0.171. The van der Waals surface area contributed by atoms with E-state index in [1.54, 1.807) is 18.2 Å². The molecule has 0 fully saturated rings. The second kappa shape index (κ2) is 5.33. The van der Waals surface area contributed by atoms with Gasteiger partial charge in [-0.25, -0.2) is 4.79 Å². The zero-order valence-corrected chi connectivity index (χ0v) is 12.6. The largest absolute Gasteiger partial charge is 0.478 e. The van der Waals surface area contributed by atoms with Crippen molar-refractivity contribution < 1.29 is 23.5 Å². The molecule has 0 bridgehead atoms. The molecule has 0 saturated heterocycles. The highest BCUT2D eigenvalue weighted by atomic mass is 16.6. The standard InChI is InChI=1S/C17H16O5/c1-9-10(2)16-11(8-14(22-16)17(19)20-3)7-12(9)15(18)13-5-4-6-21-13/h4-7,14H,8H2,1-3H3. The Morgan fingerprint density at radius 1 is 1.27 bits per heavy atom. The van der Waals surface area contributed by atoms with Gasteiger partial charge in [-0.15, -0.1) is 0 Å². The minimum atomic E-state index is -0.646. The van der Waals surface area contributed by atoms with E-state index in [0.29, 0.717) is 23.5 Å². The van der Waals surface area contributed by atoms with Gasteiger partial charge in [-0.1, -0.05) is 0 Å². The van der Waals surface area contributed by atoms with Gasteiger partial charge in [-0.3, -0.25) is 4.79 Å². The van der Waals surface area contributed by atoms with Crippen molar-refractivity contribution in [3.05, 3.63) is 52.5 Å². The van der Waals surface area contributed by atoms with E-state index in [-0.39, 0.29) is 5.78 Å². The topological polar surface area (TPSA) is 65.7 Å². The molecule has 1 aromatic heterocycles. The van der Waals surface area contributed by atoms with Crippen LogP contribution in [0.5, 0.6) is 5.75 Å². The Bertz CT molecular complexity index is 743. The van der Waals surface area contributed by atoms with Gasteiger partial charge in [0.2, 0.25) is 5.78 Å². The van der Waals surface area contributed by atoms with Gasteiger partial charge in [-0.05, 0) is 48.7 Å². The Labute approximate surface area is 127 Å². The van der Waals surface area contributed by atoms with E-state index < -0.39 is 12.1 Å². The summed E-state index contributed by atoms with van der Waals surface area (Å²) in [7, 11) is 1.33. The third kappa shape index (κ3) is 2.19. The Morgan fingerprint density at radius 2 is 2.05 bits per heavy atom. The van der Waals surface area contributed by atoms with Gasteiger partial charge in [-0.2, -0.15) is 0 Å². The van der Waals surface area contributed by atoms with E-state index in [1.807, 2.05) is 13.8 Å². The molecule has 5 heteroatoms. The van der Waals surface area contributed by atoms with Crippen LogP contribution in [0.4, 0.5) is 0 Å². The minimum Gasteiger partial charge on any atom is -0.478 e. The van der Waals surface area contributed by atoms with E-state index in [0.717, 1.165) is 16.7 Å². The molecule has 0 amide bonds. The van der Waals surface area contributed by atoms with Crippen molar-refractivity contribution in [2.45, 2.75) is 26.4 Å². The molecule has 2 heterocycles. The van der Waals surface area contributed by atoms with Crippen LogP contribution >= 0.6 is 0 Å². The zero-order valence-electron chi connectivity index (χ0n) is 12.6. The van der Waals surface area contributed by atoms with Crippen molar-refractivity contribution in [1.82, 2.24) is 0 Å². The monoisotopic (exact) mass is 300 g/mol. The quantitative estimate of drug-likeness (QED) is 0.644. The fourth-order valence-electron chi connectivity index (χ4n) is 2.70. The third-order valence-corrected chi connectivity index (χ3v) is 4.04. The van der Waals surface area contributed by atoms with Crippen LogP contribution in [0.15, 0.2) is 28.9 Å². The molecule has 114 valence electrons. The number of furan rings is 1. The van der Waals surface area contributed by atoms with Gasteiger partial charge in [0.1, 0.15) is 5.75 Å². The van der Waals surface area contributed by atoms with Crippen molar-refractivity contribution in [3.8, 4) is 5.75 Å². The Kier molecular flexibility index (Phi) is 3.48. The average Bonchev–Trinajstić information content (AvgIpc) is 3.18. The van der Waals surface area contributed by atoms with E-state index in [1.165, 1.54) is 13.4 Å². The highest BCUT2D eigenvalue weighted by Crippen LogP contribution is 2.36. The zero-order chi connectivity index (χ0) is 15.9. The van der Waals surface area contributed by atoms with E-state index in [4.69, 9.17) is 13.9 Å². The predicted molar refractivity (Wildman–Crippen MR) is 78.2 cm³/mol. The summed E-state index contributed by atoms with van der Waals surface area (Å²) in [6, 6.07) is 5.10. The molecular weight excluding hydrogens is 284 g/mol. The molecule has 0 radical (unpaired) electrons. The fourth-order valence-corrected chi connectivity index (χ4v) is 2.70. The number of hydrogen-bond donors (Lipinski definition) is 0. The molecule has 1 unspecified atom stereocenters. The molecule has 3 rings (SSSR count). The first-order valence-electron chi connectivity index (χ1n) is 6.98. The summed E-state index contributed by atoms with van der Waals surface area (Å²) in [5.74, 6) is 0.386. The van der Waals surface area contributed by atoms with Crippen molar-refractivity contribution in [2.75, 3.05) is 7.11 Å². The number of fused-ring (bicyclic) bond motifs is 1. The molecule has 5 nitrogen and oxygen atoms in total. The van der Waals surface area contributed by atoms with Crippen LogP contribution in [0.1, 0.15) is 32.8 Å². The summed E-state index contributed by atoms with van der Waals surface area (Å²) in [5.41, 5.74) is 3.10. The molecule has 0 spiro atoms. The van der Waals surface area contributed by atoms with Gasteiger partial charge < -0.3 is 13.9 Å². The van der Waals surface area contributed by atoms with Crippen LogP contribution in [0, 0.1) is 13.8 Å². The smallest absolute Gasteiger partial charge is 0.347 e. The van der Waals surface area contributed by atoms with Gasteiger partial charge in [0.25, 0.3) is 0 Å². The maximum atomic E-state index is 12.5. The lowest BCUT2D eigenvalue weighted by Crippen LogP contribution is -2.26. The predicted octanol–water partition coefficient (Wildman–Crippen LogP) is 2.60. The molecule has 1 atom stereocenters. The normalized spacial score (nSPS) is 16.0. The number of ketones is 1. The Hall–Kier alpha value is -2.56. The average molecular weight is 300 g/mol. The summed E-state index contributed by atoms with van der Waals surface area (Å²) in [4.78, 5) is 24.2. The number of carbonyl (C=O) groups is 2. The van der Waals surface area contributed by atoms with Crippen LogP contribution in [-0.2, 0) is 16.0 Å². The molecule has 2 aromatic rings. The van der Waals surface area contributed by atoms with Crippen LogP contribution in [-0.4, -0.2) is 25.0 Å². The second-order valence-corrected chi connectivity index (χ2v) is 5.30. The molecular formula is C17H16O5. The van der Waals surface area contributed by atoms with Gasteiger partial charge in [0.05, 0.1) is 13.4 Å². The molecule has 0 aliphatic carbocycles. The van der Waals surface area contributed by atoms with Gasteiger partial charge >= 0.3 is 5.97 Å². The summed E-state index contributed by atoms with van der Waals surface area (Å²) >= 11 is 0. The maximum Gasteiger partial charge on any atom is 0.347 e. The van der Waals surface area contributed by atoms with E-state index in [2.05, 4.69) is 0 Å². The molecule has 1 aliphatic heterocycles. The highest BCUT2D eigenvalue weighted by Gasteiger charge is 2.33. The van der Waals surface area contributed by atoms with Crippen molar-refractivity contribution in [2.24, 2.45) is 0 Å². The first-order valence-corrected chi connectivity index (χ1v) is 6.98. The second-order valence-electron chi connectivity index (χ2n) is 5.30. The molecule has 1 aromatic carbocycles. The van der Waals surface area contributed by atoms with Crippen LogP contribution in [0.25, 0.3) is 0 Å². The maximum absolute atomic E-state index is 12.5. The summed E-state index contributed by atoms with van der Waals surface area (Å²) in [6.07, 6.45) is 1.23. The lowest BCUT2D eigenvalue weighted by molar-refractivity contribution is -0.147. The first-order chi connectivity index (χ1) is 10.5. The SMILES string of the molecule is COC(=O)C1Cc2cc(C(=O)c3ccco3)c(C)c(C)c2O1. The first kappa shape index (κ1) is 14.4. The lowest BCUT2D eigenvalue weighted by Gasteiger charge is -2.12. The number of benzene rings is 1. The van der Waals surface area contributed by atoms with Crippen molar-refractivity contribution >= 4 is 11.8 Å². The highest BCUT2D eigenvalue weighted by molar-refractivity contribution is 6.08. The number of carbonyl (C=O) groups excluding carboxylic acids is 2. The number of esters is 1. The molecule has 22 heavy (non-hydrogen) atoms. The summed E-state index contributed by atoms with van der Waals surface area (Å²) in [6.45, 7) is 3.74. The van der Waals surface area contributed by atoms with E-state index >= 15 is 0 Å². The number of ether oxygens (including phenoxy) is 2.